The topological polar surface area (TPSA) is 46.2 Å². The molecular formula is C9H19NO2S. The summed E-state index contributed by atoms with van der Waals surface area (Å²) >= 11 is 0. The first-order chi connectivity index (χ1) is 6.05. The molecule has 0 spiro atoms. The van der Waals surface area contributed by atoms with Gasteiger partial charge in [-0.15, -0.1) is 0 Å². The minimum atomic E-state index is -2.72. The smallest absolute Gasteiger partial charge is 0.150 e. The van der Waals surface area contributed by atoms with Gasteiger partial charge in [-0.1, -0.05) is 0 Å². The van der Waals surface area contributed by atoms with Crippen molar-refractivity contribution in [3.05, 3.63) is 0 Å². The molecule has 3 nitrogen and oxygen atoms in total. The third kappa shape index (κ3) is 3.27. The van der Waals surface area contributed by atoms with Gasteiger partial charge in [0, 0.05) is 6.04 Å². The molecule has 0 amide bonds. The lowest BCUT2D eigenvalue weighted by Gasteiger charge is -2.20. The van der Waals surface area contributed by atoms with Gasteiger partial charge >= 0.3 is 0 Å². The lowest BCUT2D eigenvalue weighted by Crippen LogP contribution is -2.30. The van der Waals surface area contributed by atoms with Crippen molar-refractivity contribution in [2.75, 3.05) is 18.6 Å². The Morgan fingerprint density at radius 3 is 2.62 bits per heavy atom. The minimum absolute atomic E-state index is 0.379. The van der Waals surface area contributed by atoms with E-state index in [-0.39, 0.29) is 0 Å². The van der Waals surface area contributed by atoms with E-state index in [0.29, 0.717) is 23.5 Å². The van der Waals surface area contributed by atoms with Gasteiger partial charge in [0.25, 0.3) is 0 Å². The second-order valence-corrected chi connectivity index (χ2v) is 6.22. The van der Waals surface area contributed by atoms with E-state index in [1.54, 1.807) is 0 Å². The van der Waals surface area contributed by atoms with Crippen LogP contribution in [0.15, 0.2) is 0 Å². The minimum Gasteiger partial charge on any atom is -0.317 e. The van der Waals surface area contributed by atoms with E-state index < -0.39 is 9.84 Å². The Bertz CT molecular complexity index is 248. The Kier molecular flexibility index (Phi) is 3.74. The second kappa shape index (κ2) is 4.42. The largest absolute Gasteiger partial charge is 0.317 e. The third-order valence-electron chi connectivity index (χ3n) is 2.99. The van der Waals surface area contributed by atoms with Crippen LogP contribution in [0.25, 0.3) is 0 Å². The van der Waals surface area contributed by atoms with Gasteiger partial charge in [-0.2, -0.15) is 0 Å². The zero-order valence-corrected chi connectivity index (χ0v) is 9.23. The highest BCUT2D eigenvalue weighted by Crippen LogP contribution is 2.21. The van der Waals surface area contributed by atoms with E-state index in [2.05, 4.69) is 12.2 Å². The van der Waals surface area contributed by atoms with Crippen LogP contribution < -0.4 is 5.32 Å². The Balaban J connectivity index is 2.54. The van der Waals surface area contributed by atoms with E-state index in [0.717, 1.165) is 19.3 Å². The first-order valence-electron chi connectivity index (χ1n) is 4.93. The highest BCUT2D eigenvalue weighted by Gasteiger charge is 2.23. The zero-order valence-electron chi connectivity index (χ0n) is 8.41. The third-order valence-corrected chi connectivity index (χ3v) is 4.76. The summed E-state index contributed by atoms with van der Waals surface area (Å²) in [4.78, 5) is 0. The van der Waals surface area contributed by atoms with Gasteiger partial charge in [-0.3, -0.25) is 0 Å². The fourth-order valence-electron chi connectivity index (χ4n) is 1.88. The fourth-order valence-corrected chi connectivity index (χ4v) is 3.35. The lowest BCUT2D eigenvalue weighted by atomic mass is 9.94. The average Bonchev–Trinajstić information content (AvgIpc) is 2.25. The molecule has 4 heteroatoms. The van der Waals surface area contributed by atoms with Crippen LogP contribution in [-0.2, 0) is 9.84 Å². The van der Waals surface area contributed by atoms with Crippen LogP contribution in [-0.4, -0.2) is 33.0 Å². The monoisotopic (exact) mass is 205 g/mol. The number of hydrogen-bond donors (Lipinski definition) is 1. The molecule has 13 heavy (non-hydrogen) atoms. The summed E-state index contributed by atoms with van der Waals surface area (Å²) < 4.78 is 22.6. The summed E-state index contributed by atoms with van der Waals surface area (Å²) in [7, 11) is -0.787. The first-order valence-corrected chi connectivity index (χ1v) is 6.75. The molecule has 1 rings (SSSR count). The number of hydrogen-bond acceptors (Lipinski definition) is 3. The maximum Gasteiger partial charge on any atom is 0.150 e. The predicted molar refractivity (Wildman–Crippen MR) is 54.5 cm³/mol. The van der Waals surface area contributed by atoms with Gasteiger partial charge in [-0.25, -0.2) is 8.42 Å². The van der Waals surface area contributed by atoms with Crippen molar-refractivity contribution < 1.29 is 8.42 Å². The van der Waals surface area contributed by atoms with Gasteiger partial charge in [0.05, 0.1) is 11.5 Å². The van der Waals surface area contributed by atoms with Crippen molar-refractivity contribution in [2.45, 2.75) is 32.2 Å². The molecule has 0 saturated carbocycles. The Morgan fingerprint density at radius 2 is 2.00 bits per heavy atom. The van der Waals surface area contributed by atoms with Crippen molar-refractivity contribution in [2.24, 2.45) is 5.92 Å². The zero-order chi connectivity index (χ0) is 9.90. The van der Waals surface area contributed by atoms with Crippen LogP contribution >= 0.6 is 0 Å². The van der Waals surface area contributed by atoms with E-state index in [1.807, 2.05) is 7.05 Å². The molecule has 2 atom stereocenters. The molecule has 2 unspecified atom stereocenters. The number of sulfone groups is 1. The van der Waals surface area contributed by atoms with Crippen LogP contribution in [0.2, 0.25) is 0 Å². The summed E-state index contributed by atoms with van der Waals surface area (Å²) in [6.45, 7) is 2.13. The molecule has 78 valence electrons. The normalized spacial score (nSPS) is 30.8. The van der Waals surface area contributed by atoms with Crippen LogP contribution in [0.4, 0.5) is 0 Å². The van der Waals surface area contributed by atoms with Crippen LogP contribution in [0.1, 0.15) is 26.2 Å². The van der Waals surface area contributed by atoms with Crippen LogP contribution in [0, 0.1) is 5.92 Å². The summed E-state index contributed by atoms with van der Waals surface area (Å²) in [6, 6.07) is 0.438. The van der Waals surface area contributed by atoms with Crippen molar-refractivity contribution >= 4 is 9.84 Å². The molecule has 1 N–H and O–H groups in total. The van der Waals surface area contributed by atoms with E-state index in [1.165, 1.54) is 0 Å². The molecule has 1 aliphatic heterocycles. The summed E-state index contributed by atoms with van der Waals surface area (Å²) in [5.74, 6) is 1.30. The highest BCUT2D eigenvalue weighted by atomic mass is 32.2. The summed E-state index contributed by atoms with van der Waals surface area (Å²) in [6.07, 6.45) is 2.70. The van der Waals surface area contributed by atoms with Crippen molar-refractivity contribution in [3.8, 4) is 0 Å². The standard InChI is InChI=1S/C9H19NO2S/c1-8(10-2)9-4-3-6-13(11,12)7-5-9/h8-10H,3-7H2,1-2H3. The molecule has 1 heterocycles. The Labute approximate surface area is 80.8 Å². The van der Waals surface area contributed by atoms with Gasteiger partial charge in [0.2, 0.25) is 0 Å². The molecular weight excluding hydrogens is 186 g/mol. The molecule has 0 aromatic rings. The second-order valence-electron chi connectivity index (χ2n) is 3.92. The van der Waals surface area contributed by atoms with Crippen molar-refractivity contribution in [3.63, 3.8) is 0 Å². The fraction of sp³-hybridized carbons (Fsp3) is 1.00. The average molecular weight is 205 g/mol. The Hall–Kier alpha value is -0.0900. The first kappa shape index (κ1) is 11.0. The maximum absolute atomic E-state index is 11.3. The molecule has 0 aromatic heterocycles. The summed E-state index contributed by atoms with van der Waals surface area (Å²) in [5, 5.41) is 3.19. The SMILES string of the molecule is CNC(C)C1CCCS(=O)(=O)CC1. The van der Waals surface area contributed by atoms with E-state index in [4.69, 9.17) is 0 Å². The molecule has 0 aromatic carbocycles. The van der Waals surface area contributed by atoms with Crippen LogP contribution in [0.3, 0.4) is 0 Å². The molecule has 1 aliphatic rings. The Morgan fingerprint density at radius 1 is 1.31 bits per heavy atom. The van der Waals surface area contributed by atoms with Gasteiger partial charge < -0.3 is 5.32 Å². The van der Waals surface area contributed by atoms with E-state index >= 15 is 0 Å². The summed E-state index contributed by atoms with van der Waals surface area (Å²) in [5.41, 5.74) is 0. The van der Waals surface area contributed by atoms with Crippen molar-refractivity contribution in [1.29, 1.82) is 0 Å². The number of rotatable bonds is 2. The molecule has 1 saturated heterocycles. The van der Waals surface area contributed by atoms with Gasteiger partial charge in [0.1, 0.15) is 9.84 Å². The van der Waals surface area contributed by atoms with Gasteiger partial charge in [-0.05, 0) is 39.2 Å². The van der Waals surface area contributed by atoms with Crippen molar-refractivity contribution in [1.82, 2.24) is 5.32 Å². The quantitative estimate of drug-likeness (QED) is 0.725. The molecule has 0 radical (unpaired) electrons. The van der Waals surface area contributed by atoms with Crippen LogP contribution in [0.5, 0.6) is 0 Å². The molecule has 0 aliphatic carbocycles. The maximum atomic E-state index is 11.3. The lowest BCUT2D eigenvalue weighted by molar-refractivity contribution is 0.364. The predicted octanol–water partition coefficient (Wildman–Crippen LogP) is 0.809. The molecule has 1 fully saturated rings. The number of nitrogens with one attached hydrogen (secondary N) is 1. The van der Waals surface area contributed by atoms with E-state index in [9.17, 15) is 8.42 Å². The van der Waals surface area contributed by atoms with Gasteiger partial charge in [0.15, 0.2) is 0 Å². The molecule has 0 bridgehead atoms. The highest BCUT2D eigenvalue weighted by molar-refractivity contribution is 7.91.